The van der Waals surface area contributed by atoms with E-state index in [4.69, 9.17) is 0 Å². The van der Waals surface area contributed by atoms with E-state index in [0.717, 1.165) is 28.4 Å². The molecule has 0 aromatic heterocycles. The highest BCUT2D eigenvalue weighted by molar-refractivity contribution is 6.19. The average Bonchev–Trinajstić information content (AvgIpc) is 3.50. The zero-order chi connectivity index (χ0) is 44.6. The molecule has 8 aromatic carbocycles. The number of fused-ring (bicyclic) bond motifs is 8. The van der Waals surface area contributed by atoms with Crippen LogP contribution >= 0.6 is 0 Å². The fourth-order valence-corrected chi connectivity index (χ4v) is 9.92. The standard InChI is InChI=1S/C61H64N2/c1-39(2)41-17-25-45(26-18-41)62(47-29-21-43(22-30-47)59(5,6)7)49-33-35-53-55(37-49)51-15-13-14-16-52(51)57-54-36-34-50(38-56(54)61(11,12)58(53)57)63(46-27-19-42(20-28-46)40(3)4)48-31-23-44(24-32-48)60(8,9)10/h13-40H,1-12H3. The maximum atomic E-state index is 2.47. The number of anilines is 6. The second kappa shape index (κ2) is 15.6. The Kier molecular flexibility index (Phi) is 10.4. The van der Waals surface area contributed by atoms with Crippen molar-refractivity contribution in [1.29, 1.82) is 0 Å². The van der Waals surface area contributed by atoms with Crippen molar-refractivity contribution in [1.82, 2.24) is 0 Å². The van der Waals surface area contributed by atoms with Crippen molar-refractivity contribution in [3.05, 3.63) is 191 Å². The smallest absolute Gasteiger partial charge is 0.0468 e. The van der Waals surface area contributed by atoms with Gasteiger partial charge in [-0.25, -0.2) is 0 Å². The lowest BCUT2D eigenvalue weighted by molar-refractivity contribution is 0.590. The van der Waals surface area contributed by atoms with Crippen LogP contribution in [0.1, 0.15) is 128 Å². The Hall–Kier alpha value is -6.12. The highest BCUT2D eigenvalue weighted by Crippen LogP contribution is 2.56. The van der Waals surface area contributed by atoms with Crippen LogP contribution in [-0.4, -0.2) is 0 Å². The SMILES string of the molecule is CC(C)c1ccc(N(c2ccc(C(C)(C)C)cc2)c2ccc3c(c2)C(C)(C)c2c-3c3ccccc3c3cc(N(c4ccc(C(C)C)cc4)c4ccc(C(C)(C)C)cc4)ccc23)cc1. The van der Waals surface area contributed by atoms with Crippen molar-refractivity contribution in [3.63, 3.8) is 0 Å². The zero-order valence-electron chi connectivity index (χ0n) is 39.6. The lowest BCUT2D eigenvalue weighted by atomic mass is 9.79. The van der Waals surface area contributed by atoms with Gasteiger partial charge in [0.25, 0.3) is 0 Å². The van der Waals surface area contributed by atoms with Gasteiger partial charge in [0.05, 0.1) is 0 Å². The molecule has 0 fully saturated rings. The first-order valence-corrected chi connectivity index (χ1v) is 23.1. The molecule has 2 heteroatoms. The van der Waals surface area contributed by atoms with Crippen LogP contribution in [0.3, 0.4) is 0 Å². The lowest BCUT2D eigenvalue weighted by Gasteiger charge is -2.30. The van der Waals surface area contributed by atoms with E-state index in [0.29, 0.717) is 11.8 Å². The van der Waals surface area contributed by atoms with Gasteiger partial charge >= 0.3 is 0 Å². The van der Waals surface area contributed by atoms with E-state index in [1.807, 2.05) is 0 Å². The Morgan fingerprint density at radius 1 is 0.397 bits per heavy atom. The second-order valence-corrected chi connectivity index (χ2v) is 21.1. The van der Waals surface area contributed by atoms with Crippen molar-refractivity contribution in [3.8, 4) is 11.1 Å². The molecule has 0 aliphatic heterocycles. The van der Waals surface area contributed by atoms with Crippen molar-refractivity contribution >= 4 is 55.7 Å². The third-order valence-electron chi connectivity index (χ3n) is 13.7. The van der Waals surface area contributed by atoms with Gasteiger partial charge < -0.3 is 9.80 Å². The van der Waals surface area contributed by atoms with Crippen LogP contribution in [0, 0.1) is 0 Å². The summed E-state index contributed by atoms with van der Waals surface area (Å²) < 4.78 is 0. The Labute approximate surface area is 377 Å². The summed E-state index contributed by atoms with van der Waals surface area (Å²) in [6.07, 6.45) is 0. The highest BCUT2D eigenvalue weighted by atomic mass is 15.1. The van der Waals surface area contributed by atoms with Gasteiger partial charge in [-0.1, -0.05) is 168 Å². The summed E-state index contributed by atoms with van der Waals surface area (Å²) in [5.41, 5.74) is 17.6. The van der Waals surface area contributed by atoms with Gasteiger partial charge in [-0.15, -0.1) is 0 Å². The van der Waals surface area contributed by atoms with Gasteiger partial charge in [0, 0.05) is 39.5 Å². The molecule has 0 bridgehead atoms. The first-order valence-electron chi connectivity index (χ1n) is 23.1. The zero-order valence-corrected chi connectivity index (χ0v) is 39.6. The van der Waals surface area contributed by atoms with Crippen LogP contribution in [-0.2, 0) is 16.2 Å². The predicted molar refractivity (Wildman–Crippen MR) is 274 cm³/mol. The van der Waals surface area contributed by atoms with Crippen molar-refractivity contribution in [2.24, 2.45) is 0 Å². The van der Waals surface area contributed by atoms with Crippen LogP contribution in [0.25, 0.3) is 32.7 Å². The van der Waals surface area contributed by atoms with Gasteiger partial charge in [-0.2, -0.15) is 0 Å². The molecule has 8 aromatic rings. The number of hydrogen-bond acceptors (Lipinski definition) is 2. The quantitative estimate of drug-likeness (QED) is 0.141. The molecule has 1 aliphatic rings. The third-order valence-corrected chi connectivity index (χ3v) is 13.7. The first-order chi connectivity index (χ1) is 29.9. The maximum Gasteiger partial charge on any atom is 0.0468 e. The van der Waals surface area contributed by atoms with Crippen molar-refractivity contribution < 1.29 is 0 Å². The minimum Gasteiger partial charge on any atom is -0.310 e. The molecular weight excluding hydrogens is 761 g/mol. The second-order valence-electron chi connectivity index (χ2n) is 21.1. The van der Waals surface area contributed by atoms with Gasteiger partial charge in [0.1, 0.15) is 0 Å². The molecule has 0 saturated heterocycles. The molecule has 63 heavy (non-hydrogen) atoms. The third kappa shape index (κ3) is 7.52. The summed E-state index contributed by atoms with van der Waals surface area (Å²) in [6.45, 7) is 27.6. The van der Waals surface area contributed by atoms with E-state index < -0.39 is 0 Å². The van der Waals surface area contributed by atoms with Crippen LogP contribution in [0.4, 0.5) is 34.1 Å². The highest BCUT2D eigenvalue weighted by Gasteiger charge is 2.39. The predicted octanol–water partition coefficient (Wildman–Crippen LogP) is 18.1. The summed E-state index contributed by atoms with van der Waals surface area (Å²) in [4.78, 5) is 4.87. The maximum absolute atomic E-state index is 2.47. The van der Waals surface area contributed by atoms with E-state index in [-0.39, 0.29) is 16.2 Å². The lowest BCUT2D eigenvalue weighted by Crippen LogP contribution is -2.17. The molecule has 0 unspecified atom stereocenters. The summed E-state index contributed by atoms with van der Waals surface area (Å²) in [7, 11) is 0. The minimum absolute atomic E-state index is 0.0741. The normalized spacial score (nSPS) is 13.5. The number of hydrogen-bond donors (Lipinski definition) is 0. The van der Waals surface area contributed by atoms with E-state index in [9.17, 15) is 0 Å². The van der Waals surface area contributed by atoms with Gasteiger partial charge in [-0.3, -0.25) is 0 Å². The van der Waals surface area contributed by atoms with Crippen molar-refractivity contribution in [2.75, 3.05) is 9.80 Å². The molecule has 0 radical (unpaired) electrons. The van der Waals surface area contributed by atoms with Crippen LogP contribution in [0.15, 0.2) is 158 Å². The molecule has 0 N–H and O–H groups in total. The molecule has 1 aliphatic carbocycles. The van der Waals surface area contributed by atoms with Gasteiger partial charge in [0.2, 0.25) is 0 Å². The van der Waals surface area contributed by atoms with Gasteiger partial charge in [-0.05, 0) is 162 Å². The van der Waals surface area contributed by atoms with E-state index >= 15 is 0 Å². The molecule has 0 saturated carbocycles. The Morgan fingerprint density at radius 2 is 0.794 bits per heavy atom. The molecule has 0 amide bonds. The molecular formula is C61H64N2. The topological polar surface area (TPSA) is 6.48 Å². The van der Waals surface area contributed by atoms with Crippen LogP contribution in [0.5, 0.6) is 0 Å². The van der Waals surface area contributed by atoms with E-state index in [2.05, 4.69) is 251 Å². The Bertz CT molecular complexity index is 2950. The number of nitrogens with zero attached hydrogens (tertiary/aromatic N) is 2. The minimum atomic E-state index is -0.261. The Balaban J connectivity index is 1.21. The molecule has 0 atom stereocenters. The summed E-state index contributed by atoms with van der Waals surface area (Å²) in [5.74, 6) is 0.938. The summed E-state index contributed by atoms with van der Waals surface area (Å²) >= 11 is 0. The number of rotatable bonds is 8. The van der Waals surface area contributed by atoms with Crippen molar-refractivity contribution in [2.45, 2.75) is 111 Å². The van der Waals surface area contributed by atoms with Crippen LogP contribution < -0.4 is 9.80 Å². The summed E-state index contributed by atoms with van der Waals surface area (Å²) in [5, 5.41) is 5.18. The first kappa shape index (κ1) is 42.2. The fourth-order valence-electron chi connectivity index (χ4n) is 9.92. The molecule has 2 nitrogen and oxygen atoms in total. The van der Waals surface area contributed by atoms with E-state index in [1.165, 1.54) is 71.7 Å². The van der Waals surface area contributed by atoms with Crippen LogP contribution in [0.2, 0.25) is 0 Å². The summed E-state index contributed by atoms with van der Waals surface area (Å²) in [6, 6.07) is 60.2. The molecule has 0 spiro atoms. The number of benzene rings is 8. The molecule has 318 valence electrons. The van der Waals surface area contributed by atoms with Gasteiger partial charge in [0.15, 0.2) is 0 Å². The monoisotopic (exact) mass is 825 g/mol. The molecule has 0 heterocycles. The fraction of sp³-hybridized carbons (Fsp3) is 0.279. The Morgan fingerprint density at radius 3 is 1.24 bits per heavy atom. The largest absolute Gasteiger partial charge is 0.310 e. The van der Waals surface area contributed by atoms with E-state index in [1.54, 1.807) is 0 Å². The average molecular weight is 825 g/mol. The molecule has 9 rings (SSSR count).